The lowest BCUT2D eigenvalue weighted by Crippen LogP contribution is -2.41. The molecule has 2 fully saturated rings. The Morgan fingerprint density at radius 2 is 2.11 bits per heavy atom. The van der Waals surface area contributed by atoms with Gasteiger partial charge in [0.15, 0.2) is 0 Å². The van der Waals surface area contributed by atoms with E-state index in [1.165, 1.54) is 32.4 Å². The van der Waals surface area contributed by atoms with Crippen LogP contribution in [0, 0.1) is 0 Å². The Labute approximate surface area is 117 Å². The Hall–Kier alpha value is -0.580. The molecule has 2 aliphatic heterocycles. The molecule has 1 N–H and O–H groups in total. The fourth-order valence-electron chi connectivity index (χ4n) is 3.04. The second-order valence-electron chi connectivity index (χ2n) is 4.97. The minimum absolute atomic E-state index is 0.236. The van der Waals surface area contributed by atoms with E-state index in [1.807, 2.05) is 0 Å². The number of piperidine rings is 1. The summed E-state index contributed by atoms with van der Waals surface area (Å²) in [5.74, 6) is 0.661. The van der Waals surface area contributed by atoms with Gasteiger partial charge in [-0.2, -0.15) is 4.98 Å². The van der Waals surface area contributed by atoms with Gasteiger partial charge in [-0.15, -0.1) is 0 Å². The average Bonchev–Trinajstić information content (AvgIpc) is 2.78. The molecule has 2 atom stereocenters. The topological polar surface area (TPSA) is 41.1 Å². The zero-order chi connectivity index (χ0) is 12.5. The van der Waals surface area contributed by atoms with Crippen LogP contribution in [0.15, 0.2) is 6.20 Å². The van der Waals surface area contributed by atoms with E-state index in [2.05, 4.69) is 20.2 Å². The number of halogens is 2. The summed E-state index contributed by atoms with van der Waals surface area (Å²) in [6, 6.07) is 1.04. The highest BCUT2D eigenvalue weighted by molar-refractivity contribution is 6.33. The first-order valence-corrected chi connectivity index (χ1v) is 7.18. The molecule has 98 valence electrons. The van der Waals surface area contributed by atoms with Crippen molar-refractivity contribution in [1.29, 1.82) is 0 Å². The molecular weight excluding hydrogens is 271 g/mol. The third-order valence-electron chi connectivity index (χ3n) is 3.89. The fourth-order valence-corrected chi connectivity index (χ4v) is 3.32. The second kappa shape index (κ2) is 5.19. The quantitative estimate of drug-likeness (QED) is 0.849. The molecule has 0 spiro atoms. The van der Waals surface area contributed by atoms with E-state index in [0.717, 1.165) is 6.42 Å². The molecule has 18 heavy (non-hydrogen) atoms. The lowest BCUT2D eigenvalue weighted by molar-refractivity contribution is 0.192. The van der Waals surface area contributed by atoms with Gasteiger partial charge in [0.2, 0.25) is 5.28 Å². The van der Waals surface area contributed by atoms with Gasteiger partial charge >= 0.3 is 0 Å². The van der Waals surface area contributed by atoms with Gasteiger partial charge in [0, 0.05) is 18.6 Å². The van der Waals surface area contributed by atoms with Crippen LogP contribution in [0.3, 0.4) is 0 Å². The highest BCUT2D eigenvalue weighted by atomic mass is 35.5. The first-order valence-electron chi connectivity index (χ1n) is 6.42. The number of anilines is 1. The molecule has 0 bridgehead atoms. The average molecular weight is 287 g/mol. The van der Waals surface area contributed by atoms with Crippen molar-refractivity contribution in [2.45, 2.75) is 37.8 Å². The minimum atomic E-state index is 0.236. The van der Waals surface area contributed by atoms with E-state index in [-0.39, 0.29) is 5.28 Å². The summed E-state index contributed by atoms with van der Waals surface area (Å²) >= 11 is 11.9. The van der Waals surface area contributed by atoms with Crippen LogP contribution in [0.5, 0.6) is 0 Å². The van der Waals surface area contributed by atoms with Crippen LogP contribution in [-0.2, 0) is 0 Å². The van der Waals surface area contributed by atoms with E-state index in [1.54, 1.807) is 6.20 Å². The SMILES string of the molecule is Clc1ncc(Cl)c(NC2CCN3CCCCC23)n1. The Bertz CT molecular complexity index is 440. The highest BCUT2D eigenvalue weighted by Gasteiger charge is 2.35. The molecule has 3 heterocycles. The highest BCUT2D eigenvalue weighted by Crippen LogP contribution is 2.30. The number of rotatable bonds is 2. The summed E-state index contributed by atoms with van der Waals surface area (Å²) in [5, 5.41) is 4.21. The third-order valence-corrected chi connectivity index (χ3v) is 4.35. The summed E-state index contributed by atoms with van der Waals surface area (Å²) in [6.45, 7) is 2.39. The molecule has 1 aromatic heterocycles. The van der Waals surface area contributed by atoms with Gasteiger partial charge in [-0.05, 0) is 37.4 Å². The van der Waals surface area contributed by atoms with Gasteiger partial charge in [0.25, 0.3) is 0 Å². The van der Waals surface area contributed by atoms with Crippen LogP contribution in [0.1, 0.15) is 25.7 Å². The van der Waals surface area contributed by atoms with Crippen LogP contribution in [0.25, 0.3) is 0 Å². The van der Waals surface area contributed by atoms with Crippen LogP contribution in [-0.4, -0.2) is 40.0 Å². The molecule has 0 radical (unpaired) electrons. The molecule has 2 unspecified atom stereocenters. The first kappa shape index (κ1) is 12.5. The molecule has 0 amide bonds. The molecule has 0 aromatic carbocycles. The van der Waals surface area contributed by atoms with Crippen molar-refractivity contribution in [3.63, 3.8) is 0 Å². The van der Waals surface area contributed by atoms with Crippen molar-refractivity contribution in [3.8, 4) is 0 Å². The van der Waals surface area contributed by atoms with E-state index in [4.69, 9.17) is 23.2 Å². The Morgan fingerprint density at radius 3 is 3.00 bits per heavy atom. The third kappa shape index (κ3) is 2.42. The van der Waals surface area contributed by atoms with Crippen LogP contribution >= 0.6 is 23.2 Å². The molecule has 1 aromatic rings. The number of hydrogen-bond acceptors (Lipinski definition) is 4. The Kier molecular flexibility index (Phi) is 3.59. The molecule has 2 saturated heterocycles. The van der Waals surface area contributed by atoms with Gasteiger partial charge in [-0.1, -0.05) is 18.0 Å². The van der Waals surface area contributed by atoms with E-state index >= 15 is 0 Å². The summed E-state index contributed by atoms with van der Waals surface area (Å²) < 4.78 is 0. The van der Waals surface area contributed by atoms with Crippen molar-refractivity contribution < 1.29 is 0 Å². The molecular formula is C12H16Cl2N4. The van der Waals surface area contributed by atoms with Crippen molar-refractivity contribution in [2.75, 3.05) is 18.4 Å². The predicted octanol–water partition coefficient (Wildman–Crippen LogP) is 2.82. The van der Waals surface area contributed by atoms with Crippen molar-refractivity contribution in [1.82, 2.24) is 14.9 Å². The second-order valence-corrected chi connectivity index (χ2v) is 5.72. The lowest BCUT2D eigenvalue weighted by atomic mass is 9.99. The standard InChI is InChI=1S/C12H16Cl2N4/c13-8-7-15-12(14)17-11(8)16-9-4-6-18-5-2-1-3-10(9)18/h7,9-10H,1-6H2,(H,15,16,17). The fraction of sp³-hybridized carbons (Fsp3) is 0.667. The Balaban J connectivity index is 1.74. The lowest BCUT2D eigenvalue weighted by Gasteiger charge is -2.32. The normalized spacial score (nSPS) is 28.1. The molecule has 6 heteroatoms. The zero-order valence-corrected chi connectivity index (χ0v) is 11.6. The van der Waals surface area contributed by atoms with Crippen LogP contribution < -0.4 is 5.32 Å². The van der Waals surface area contributed by atoms with Gasteiger partial charge in [-0.25, -0.2) is 4.98 Å². The molecule has 3 rings (SSSR count). The molecule has 4 nitrogen and oxygen atoms in total. The van der Waals surface area contributed by atoms with Crippen molar-refractivity contribution in [2.24, 2.45) is 0 Å². The van der Waals surface area contributed by atoms with Gasteiger partial charge < -0.3 is 5.32 Å². The van der Waals surface area contributed by atoms with Crippen molar-refractivity contribution in [3.05, 3.63) is 16.5 Å². The number of aromatic nitrogens is 2. The molecule has 2 aliphatic rings. The number of fused-ring (bicyclic) bond motifs is 1. The van der Waals surface area contributed by atoms with Gasteiger partial charge in [-0.3, -0.25) is 4.90 Å². The summed E-state index contributed by atoms with van der Waals surface area (Å²) in [7, 11) is 0. The summed E-state index contributed by atoms with van der Waals surface area (Å²) in [6.07, 6.45) is 6.59. The van der Waals surface area contributed by atoms with Crippen molar-refractivity contribution >= 4 is 29.0 Å². The van der Waals surface area contributed by atoms with Gasteiger partial charge in [0.05, 0.1) is 6.20 Å². The maximum atomic E-state index is 6.09. The monoisotopic (exact) mass is 286 g/mol. The van der Waals surface area contributed by atoms with E-state index in [0.29, 0.717) is 22.9 Å². The van der Waals surface area contributed by atoms with E-state index in [9.17, 15) is 0 Å². The largest absolute Gasteiger partial charge is 0.364 e. The number of nitrogens with one attached hydrogen (secondary N) is 1. The molecule has 0 aliphatic carbocycles. The van der Waals surface area contributed by atoms with E-state index < -0.39 is 0 Å². The number of hydrogen-bond donors (Lipinski definition) is 1. The van der Waals surface area contributed by atoms with Crippen LogP contribution in [0.4, 0.5) is 5.82 Å². The van der Waals surface area contributed by atoms with Gasteiger partial charge in [0.1, 0.15) is 10.8 Å². The zero-order valence-electron chi connectivity index (χ0n) is 10.1. The first-order chi connectivity index (χ1) is 8.74. The predicted molar refractivity (Wildman–Crippen MR) is 73.3 cm³/mol. The maximum absolute atomic E-state index is 6.09. The summed E-state index contributed by atoms with van der Waals surface area (Å²) in [5.41, 5.74) is 0. The number of nitrogens with zero attached hydrogens (tertiary/aromatic N) is 3. The molecule has 0 saturated carbocycles. The van der Waals surface area contributed by atoms with Crippen LogP contribution in [0.2, 0.25) is 10.3 Å². The minimum Gasteiger partial charge on any atom is -0.364 e. The smallest absolute Gasteiger partial charge is 0.224 e. The Morgan fingerprint density at radius 1 is 1.22 bits per heavy atom. The maximum Gasteiger partial charge on any atom is 0.224 e. The summed E-state index contributed by atoms with van der Waals surface area (Å²) in [4.78, 5) is 10.6.